The zero-order valence-corrected chi connectivity index (χ0v) is 7.94. The van der Waals surface area contributed by atoms with Crippen molar-refractivity contribution in [2.45, 2.75) is 6.42 Å². The van der Waals surface area contributed by atoms with Gasteiger partial charge < -0.3 is 5.73 Å². The molecule has 0 aliphatic carbocycles. The van der Waals surface area contributed by atoms with Gasteiger partial charge in [-0.05, 0) is 18.7 Å². The first-order valence-electron chi connectivity index (χ1n) is 4.53. The number of nitrogens with zero attached hydrogens (tertiary/aromatic N) is 3. The fourth-order valence-corrected chi connectivity index (χ4v) is 1.17. The van der Waals surface area contributed by atoms with Gasteiger partial charge in [-0.1, -0.05) is 0 Å². The monoisotopic (exact) mass is 207 g/mol. The van der Waals surface area contributed by atoms with Crippen LogP contribution in [-0.2, 0) is 6.42 Å². The highest BCUT2D eigenvalue weighted by molar-refractivity contribution is 5.47. The molecule has 3 N–H and O–H groups in total. The van der Waals surface area contributed by atoms with E-state index < -0.39 is 0 Å². The molecule has 0 bridgehead atoms. The third-order valence-electron chi connectivity index (χ3n) is 1.87. The van der Waals surface area contributed by atoms with Crippen LogP contribution in [0.4, 0.5) is 4.39 Å². The van der Waals surface area contributed by atoms with Crippen LogP contribution in [0.1, 0.15) is 5.82 Å². The molecule has 6 heteroatoms. The summed E-state index contributed by atoms with van der Waals surface area (Å²) in [4.78, 5) is 8.04. The zero-order chi connectivity index (χ0) is 10.7. The normalized spacial score (nSPS) is 10.5. The lowest BCUT2D eigenvalue weighted by atomic mass is 10.3. The van der Waals surface area contributed by atoms with Crippen molar-refractivity contribution in [1.29, 1.82) is 0 Å². The minimum Gasteiger partial charge on any atom is -0.330 e. The summed E-state index contributed by atoms with van der Waals surface area (Å²) in [6, 6.07) is 2.85. The molecule has 2 aromatic rings. The van der Waals surface area contributed by atoms with Gasteiger partial charge in [-0.25, -0.2) is 14.4 Å². The molecule has 0 atom stereocenters. The van der Waals surface area contributed by atoms with Crippen LogP contribution in [0.2, 0.25) is 0 Å². The average Bonchev–Trinajstić information content (AvgIpc) is 2.68. The Hall–Kier alpha value is -1.82. The Kier molecular flexibility index (Phi) is 2.68. The number of nitrogens with one attached hydrogen (secondary N) is 1. The van der Waals surface area contributed by atoms with E-state index in [0.29, 0.717) is 30.3 Å². The van der Waals surface area contributed by atoms with E-state index in [2.05, 4.69) is 20.2 Å². The molecule has 0 radical (unpaired) electrons. The first-order valence-corrected chi connectivity index (χ1v) is 4.53. The van der Waals surface area contributed by atoms with E-state index in [1.165, 1.54) is 12.1 Å². The Balaban J connectivity index is 2.25. The van der Waals surface area contributed by atoms with E-state index in [9.17, 15) is 4.39 Å². The molecule has 2 heterocycles. The smallest absolute Gasteiger partial charge is 0.199 e. The largest absolute Gasteiger partial charge is 0.330 e. The Morgan fingerprint density at radius 3 is 2.93 bits per heavy atom. The van der Waals surface area contributed by atoms with Crippen molar-refractivity contribution in [3.63, 3.8) is 0 Å². The van der Waals surface area contributed by atoms with Crippen LogP contribution >= 0.6 is 0 Å². The predicted octanol–water partition coefficient (Wildman–Crippen LogP) is 0.507. The number of aromatic nitrogens is 4. The molecule has 0 unspecified atom stereocenters. The van der Waals surface area contributed by atoms with Gasteiger partial charge >= 0.3 is 0 Å². The average molecular weight is 207 g/mol. The van der Waals surface area contributed by atoms with Crippen molar-refractivity contribution in [1.82, 2.24) is 20.2 Å². The van der Waals surface area contributed by atoms with Crippen LogP contribution in [0.3, 0.4) is 0 Å². The molecule has 78 valence electrons. The molecule has 0 aromatic carbocycles. The fraction of sp³-hybridized carbons (Fsp3) is 0.222. The third kappa shape index (κ3) is 2.16. The molecule has 0 aliphatic rings. The second kappa shape index (κ2) is 4.14. The van der Waals surface area contributed by atoms with Crippen LogP contribution in [0.25, 0.3) is 11.5 Å². The lowest BCUT2D eigenvalue weighted by Gasteiger charge is -1.92. The van der Waals surface area contributed by atoms with Gasteiger partial charge in [0.15, 0.2) is 5.82 Å². The summed E-state index contributed by atoms with van der Waals surface area (Å²) in [5.74, 6) is 0.786. The van der Waals surface area contributed by atoms with E-state index >= 15 is 0 Å². The van der Waals surface area contributed by atoms with Crippen LogP contribution < -0.4 is 5.73 Å². The summed E-state index contributed by atoms with van der Waals surface area (Å²) in [5.41, 5.74) is 5.91. The Bertz CT molecular complexity index is 436. The maximum absolute atomic E-state index is 12.6. The van der Waals surface area contributed by atoms with Crippen LogP contribution in [0.15, 0.2) is 18.3 Å². The van der Waals surface area contributed by atoms with E-state index in [0.717, 1.165) is 6.20 Å². The summed E-state index contributed by atoms with van der Waals surface area (Å²) in [6.07, 6.45) is 1.77. The molecule has 2 rings (SSSR count). The lowest BCUT2D eigenvalue weighted by molar-refractivity contribution is 0.621. The first kappa shape index (κ1) is 9.72. The molecule has 0 aliphatic heterocycles. The summed E-state index contributed by atoms with van der Waals surface area (Å²) in [5, 5.41) is 6.70. The summed E-state index contributed by atoms with van der Waals surface area (Å²) in [7, 11) is 0. The number of hydrogen-bond donors (Lipinski definition) is 2. The molecule has 5 nitrogen and oxygen atoms in total. The number of nitrogens with two attached hydrogens (primary N) is 1. The van der Waals surface area contributed by atoms with Crippen molar-refractivity contribution in [2.75, 3.05) is 6.54 Å². The number of hydrogen-bond acceptors (Lipinski definition) is 4. The van der Waals surface area contributed by atoms with Crippen LogP contribution in [0, 0.1) is 5.82 Å². The standard InChI is InChI=1S/C9H10FN5/c10-6-1-2-7(12-5-6)9-13-8(3-4-11)14-15-9/h1-2,5H,3-4,11H2,(H,13,14,15). The quantitative estimate of drug-likeness (QED) is 0.768. The second-order valence-electron chi connectivity index (χ2n) is 3.01. The van der Waals surface area contributed by atoms with Gasteiger partial charge in [-0.2, -0.15) is 5.10 Å². The summed E-state index contributed by atoms with van der Waals surface area (Å²) < 4.78 is 12.6. The highest BCUT2D eigenvalue weighted by Crippen LogP contribution is 2.11. The molecule has 2 aromatic heterocycles. The Morgan fingerprint density at radius 2 is 2.27 bits per heavy atom. The number of rotatable bonds is 3. The van der Waals surface area contributed by atoms with E-state index in [-0.39, 0.29) is 5.82 Å². The van der Waals surface area contributed by atoms with Crippen LogP contribution in [-0.4, -0.2) is 26.7 Å². The van der Waals surface area contributed by atoms with Gasteiger partial charge in [0.05, 0.1) is 6.20 Å². The molecule has 0 fully saturated rings. The van der Waals surface area contributed by atoms with Gasteiger partial charge in [0.25, 0.3) is 0 Å². The minimum atomic E-state index is -0.378. The van der Waals surface area contributed by atoms with Crippen molar-refractivity contribution >= 4 is 0 Å². The van der Waals surface area contributed by atoms with Gasteiger partial charge in [-0.15, -0.1) is 0 Å². The Labute approximate surface area is 85.6 Å². The number of aromatic amines is 1. The molecule has 0 amide bonds. The lowest BCUT2D eigenvalue weighted by Crippen LogP contribution is -2.03. The molecule has 0 saturated carbocycles. The highest BCUT2D eigenvalue weighted by atomic mass is 19.1. The topological polar surface area (TPSA) is 80.5 Å². The van der Waals surface area contributed by atoms with Crippen molar-refractivity contribution in [2.24, 2.45) is 5.73 Å². The maximum atomic E-state index is 12.6. The minimum absolute atomic E-state index is 0.378. The molecule has 0 spiro atoms. The number of H-pyrrole nitrogens is 1. The van der Waals surface area contributed by atoms with Crippen LogP contribution in [0.5, 0.6) is 0 Å². The Morgan fingerprint density at radius 1 is 1.40 bits per heavy atom. The van der Waals surface area contributed by atoms with E-state index in [1.54, 1.807) is 0 Å². The zero-order valence-electron chi connectivity index (χ0n) is 7.94. The number of halogens is 1. The van der Waals surface area contributed by atoms with E-state index in [1.807, 2.05) is 0 Å². The molecular weight excluding hydrogens is 197 g/mol. The van der Waals surface area contributed by atoms with E-state index in [4.69, 9.17) is 5.73 Å². The summed E-state index contributed by atoms with van der Waals surface area (Å²) >= 11 is 0. The van der Waals surface area contributed by atoms with Crippen molar-refractivity contribution in [3.8, 4) is 11.5 Å². The van der Waals surface area contributed by atoms with Gasteiger partial charge in [0.1, 0.15) is 17.3 Å². The summed E-state index contributed by atoms with van der Waals surface area (Å²) in [6.45, 7) is 0.505. The maximum Gasteiger partial charge on any atom is 0.199 e. The van der Waals surface area contributed by atoms with Gasteiger partial charge in [0.2, 0.25) is 0 Å². The van der Waals surface area contributed by atoms with Crippen molar-refractivity contribution < 1.29 is 4.39 Å². The highest BCUT2D eigenvalue weighted by Gasteiger charge is 2.06. The molecule has 15 heavy (non-hydrogen) atoms. The van der Waals surface area contributed by atoms with Gasteiger partial charge in [-0.3, -0.25) is 5.10 Å². The first-order chi connectivity index (χ1) is 7.29. The third-order valence-corrected chi connectivity index (χ3v) is 1.87. The predicted molar refractivity (Wildman–Crippen MR) is 52.3 cm³/mol. The van der Waals surface area contributed by atoms with Gasteiger partial charge in [0, 0.05) is 6.42 Å². The van der Waals surface area contributed by atoms with Crippen molar-refractivity contribution in [3.05, 3.63) is 30.0 Å². The fourth-order valence-electron chi connectivity index (χ4n) is 1.17. The molecular formula is C9H10FN5. The SMILES string of the molecule is NCCc1nc(-c2ccc(F)cn2)n[nH]1. The second-order valence-corrected chi connectivity index (χ2v) is 3.01. The molecule has 0 saturated heterocycles. The number of pyridine rings is 1.